The third-order valence-corrected chi connectivity index (χ3v) is 13.0. The summed E-state index contributed by atoms with van der Waals surface area (Å²) in [7, 11) is 0. The quantitative estimate of drug-likeness (QED) is 0.0744. The average molecular weight is 850 g/mol. The summed E-state index contributed by atoms with van der Waals surface area (Å²) in [5.41, 5.74) is -5.88. The summed E-state index contributed by atoms with van der Waals surface area (Å²) in [5, 5.41) is 37.6. The van der Waals surface area contributed by atoms with E-state index in [0.717, 1.165) is 0 Å². The minimum Gasteiger partial charge on any atom is -0.481 e. The largest absolute Gasteiger partial charge is 0.481 e. The maximum atomic E-state index is 14.5. The number of hydrogen-bond acceptors (Lipinski definition) is 15. The van der Waals surface area contributed by atoms with Gasteiger partial charge in [-0.2, -0.15) is 0 Å². The number of ether oxygens (including phenoxy) is 6. The summed E-state index contributed by atoms with van der Waals surface area (Å²) in [5.74, 6) is -7.68. The number of nitrogens with one attached hydrogen (secondary N) is 1. The summed E-state index contributed by atoms with van der Waals surface area (Å²) < 4.78 is 36.1. The number of hydrogen-bond donors (Lipinski definition) is 4. The lowest BCUT2D eigenvalue weighted by Crippen LogP contribution is -2.80. The number of carboxylic acids is 1. The molecule has 0 aromatic heterocycles. The van der Waals surface area contributed by atoms with Crippen molar-refractivity contribution in [1.82, 2.24) is 5.32 Å². The van der Waals surface area contributed by atoms with Gasteiger partial charge in [0.15, 0.2) is 5.60 Å². The van der Waals surface area contributed by atoms with Gasteiger partial charge < -0.3 is 49.1 Å². The second kappa shape index (κ2) is 17.0. The topological polar surface area (TPSA) is 248 Å². The molecule has 11 atom stereocenters. The van der Waals surface area contributed by atoms with E-state index in [9.17, 15) is 48.9 Å². The second-order valence-electron chi connectivity index (χ2n) is 17.0. The van der Waals surface area contributed by atoms with Gasteiger partial charge in [0.05, 0.1) is 24.2 Å². The highest BCUT2D eigenvalue weighted by atomic mass is 16.6. The Labute approximate surface area is 351 Å². The fourth-order valence-electron chi connectivity index (χ4n) is 10.2. The first-order valence-electron chi connectivity index (χ1n) is 19.9. The molecular formula is C44H51NO16. The number of aliphatic hydroxyl groups excluding tert-OH is 1. The van der Waals surface area contributed by atoms with E-state index in [1.807, 2.05) is 0 Å². The van der Waals surface area contributed by atoms with Crippen LogP contribution in [0.2, 0.25) is 0 Å². The molecule has 3 aliphatic carbocycles. The van der Waals surface area contributed by atoms with Crippen molar-refractivity contribution in [3.05, 3.63) is 82.9 Å². The molecule has 2 saturated carbocycles. The number of fused-ring (bicyclic) bond motifs is 5. The molecule has 1 amide bonds. The van der Waals surface area contributed by atoms with Crippen LogP contribution in [0.4, 0.5) is 0 Å². The first-order valence-corrected chi connectivity index (χ1v) is 19.9. The molecule has 3 fully saturated rings. The highest BCUT2D eigenvalue weighted by Crippen LogP contribution is 2.65. The van der Waals surface area contributed by atoms with Crippen molar-refractivity contribution in [2.75, 3.05) is 6.61 Å². The van der Waals surface area contributed by atoms with Crippen molar-refractivity contribution in [3.63, 3.8) is 0 Å². The Balaban J connectivity index is 1.56. The highest BCUT2D eigenvalue weighted by Gasteiger charge is 2.76. The first-order chi connectivity index (χ1) is 28.7. The van der Waals surface area contributed by atoms with Crippen LogP contribution < -0.4 is 5.32 Å². The van der Waals surface area contributed by atoms with Gasteiger partial charge in [0, 0.05) is 37.5 Å². The zero-order chi connectivity index (χ0) is 44.7. The van der Waals surface area contributed by atoms with Crippen molar-refractivity contribution >= 4 is 42.2 Å². The molecule has 1 saturated heterocycles. The summed E-state index contributed by atoms with van der Waals surface area (Å²) in [6.45, 7) is 8.76. The van der Waals surface area contributed by atoms with Crippen molar-refractivity contribution in [2.24, 2.45) is 16.7 Å². The van der Waals surface area contributed by atoms with Gasteiger partial charge in [0.1, 0.15) is 42.5 Å². The zero-order valence-electron chi connectivity index (χ0n) is 34.7. The van der Waals surface area contributed by atoms with Crippen LogP contribution in [0.5, 0.6) is 0 Å². The van der Waals surface area contributed by atoms with E-state index in [1.54, 1.807) is 64.1 Å². The summed E-state index contributed by atoms with van der Waals surface area (Å²) >= 11 is 0. The predicted molar refractivity (Wildman–Crippen MR) is 209 cm³/mol. The van der Waals surface area contributed by atoms with Gasteiger partial charge in [-0.15, -0.1) is 0 Å². The lowest BCUT2D eigenvalue weighted by Gasteiger charge is -2.68. The maximum absolute atomic E-state index is 14.5. The van der Waals surface area contributed by atoms with Crippen molar-refractivity contribution in [3.8, 4) is 0 Å². The monoisotopic (exact) mass is 849 g/mol. The standard InChI is InChI=1S/C44H51NO16/c1-23-28(58-40(54)36(59-33(52)18-32(50)51)35(45-22-46)26-13-9-7-10-14-26)20-44(55)38(60-39(53)27-15-11-8-12-16-27)37-42(6,19-29(57-24(2)47)34(23)41(44,4)5)30(49)17-31-43(37,21-56-31)61-25(3)48/h7-16,22,28-31,35-38,49,55H,17-21H2,1-6H3,(H,45,46)(H,50,51)/t28-,29-,30-,31+,35+,36-,37-,38-,42+,43-,44+/m0/s1. The molecule has 0 spiro atoms. The van der Waals surface area contributed by atoms with Gasteiger partial charge >= 0.3 is 35.8 Å². The molecule has 4 N–H and O–H groups in total. The van der Waals surface area contributed by atoms with Crippen LogP contribution in [0.3, 0.4) is 0 Å². The molecular weight excluding hydrogens is 798 g/mol. The summed E-state index contributed by atoms with van der Waals surface area (Å²) in [6, 6.07) is 14.5. The Kier molecular flexibility index (Phi) is 12.5. The normalized spacial score (nSPS) is 32.0. The smallest absolute Gasteiger partial charge is 0.350 e. The third kappa shape index (κ3) is 8.13. The second-order valence-corrected chi connectivity index (χ2v) is 17.0. The van der Waals surface area contributed by atoms with Crippen molar-refractivity contribution < 1.29 is 77.3 Å². The number of carbonyl (C=O) groups is 7. The molecule has 2 bridgehead atoms. The van der Waals surface area contributed by atoms with E-state index < -0.39 is 119 Å². The molecule has 2 aromatic rings. The molecule has 4 aliphatic rings. The van der Waals surface area contributed by atoms with Gasteiger partial charge in [-0.05, 0) is 42.2 Å². The number of benzene rings is 2. The van der Waals surface area contributed by atoms with Crippen LogP contribution in [0.25, 0.3) is 0 Å². The molecule has 17 heteroatoms. The lowest BCUT2D eigenvalue weighted by molar-refractivity contribution is -0.354. The van der Waals surface area contributed by atoms with Crippen LogP contribution in [0.1, 0.15) is 89.2 Å². The Hall–Kier alpha value is -5.65. The zero-order valence-corrected chi connectivity index (χ0v) is 34.7. The Morgan fingerprint density at radius 2 is 1.54 bits per heavy atom. The van der Waals surface area contributed by atoms with E-state index >= 15 is 0 Å². The molecule has 6 rings (SSSR count). The number of rotatable bonds is 13. The van der Waals surface area contributed by atoms with Crippen LogP contribution in [0, 0.1) is 16.7 Å². The third-order valence-electron chi connectivity index (χ3n) is 13.0. The highest BCUT2D eigenvalue weighted by molar-refractivity contribution is 5.92. The summed E-state index contributed by atoms with van der Waals surface area (Å²) in [4.78, 5) is 91.0. The maximum Gasteiger partial charge on any atom is 0.350 e. The fourth-order valence-corrected chi connectivity index (χ4v) is 10.2. The number of carbonyl (C=O) groups excluding carboxylic acids is 6. The molecule has 0 unspecified atom stereocenters. The average Bonchev–Trinajstić information content (AvgIpc) is 3.18. The SMILES string of the molecule is CC(=O)O[C@H]1C[C@]2(C)[C@@H](O)C[C@H]3OC[C@@]3(OC(C)=O)[C@H]2[C@H](OC(=O)c2ccccc2)[C@]2(O)C[C@H](OC(=O)[C@@H](OC(=O)CC(=O)O)[C@H](NC=O)c3ccccc3)C(C)=C1C2(C)C. The molecule has 61 heavy (non-hydrogen) atoms. The van der Waals surface area contributed by atoms with Gasteiger partial charge in [-0.1, -0.05) is 69.3 Å². The first kappa shape index (κ1) is 44.9. The van der Waals surface area contributed by atoms with Crippen LogP contribution >= 0.6 is 0 Å². The van der Waals surface area contributed by atoms with Crippen molar-refractivity contribution in [2.45, 2.75) is 121 Å². The van der Waals surface area contributed by atoms with E-state index in [4.69, 9.17) is 28.4 Å². The van der Waals surface area contributed by atoms with E-state index in [-0.39, 0.29) is 42.6 Å². The van der Waals surface area contributed by atoms with Crippen LogP contribution in [0.15, 0.2) is 71.8 Å². The Morgan fingerprint density at radius 3 is 2.10 bits per heavy atom. The van der Waals surface area contributed by atoms with E-state index in [0.29, 0.717) is 5.57 Å². The molecule has 2 aromatic carbocycles. The number of aliphatic hydroxyl groups is 2. The predicted octanol–water partition coefficient (Wildman–Crippen LogP) is 2.90. The van der Waals surface area contributed by atoms with Crippen molar-refractivity contribution in [1.29, 1.82) is 0 Å². The lowest BCUT2D eigenvalue weighted by atomic mass is 9.45. The molecule has 1 heterocycles. The molecule has 0 radical (unpaired) electrons. The number of aliphatic carboxylic acids is 1. The van der Waals surface area contributed by atoms with Gasteiger partial charge in [0.2, 0.25) is 12.5 Å². The fraction of sp³-hybridized carbons (Fsp3) is 0.523. The minimum absolute atomic E-state index is 0.0219. The van der Waals surface area contributed by atoms with Gasteiger partial charge in [-0.25, -0.2) is 9.59 Å². The Morgan fingerprint density at radius 1 is 0.902 bits per heavy atom. The molecule has 1 aliphatic heterocycles. The van der Waals surface area contributed by atoms with Crippen LogP contribution in [-0.4, -0.2) is 112 Å². The van der Waals surface area contributed by atoms with Crippen LogP contribution in [-0.2, 0) is 57.2 Å². The Bertz CT molecular complexity index is 2090. The number of carboxylic acid groups (broad SMARTS) is 1. The minimum atomic E-state index is -2.32. The van der Waals surface area contributed by atoms with E-state index in [1.165, 1.54) is 38.1 Å². The van der Waals surface area contributed by atoms with Gasteiger partial charge in [-0.3, -0.25) is 24.0 Å². The van der Waals surface area contributed by atoms with E-state index in [2.05, 4.69) is 5.32 Å². The number of esters is 5. The summed E-state index contributed by atoms with van der Waals surface area (Å²) in [6.07, 6.45) is -10.0. The number of amides is 1. The van der Waals surface area contributed by atoms with Gasteiger partial charge in [0.25, 0.3) is 0 Å². The molecule has 328 valence electrons. The molecule has 17 nitrogen and oxygen atoms in total.